The molecule has 0 fully saturated rings. The van der Waals surface area contributed by atoms with Crippen molar-refractivity contribution in [3.8, 4) is 0 Å². The molecular weight excluding hydrogens is 376 g/mol. The molecule has 4 rings (SSSR count). The molecule has 0 heterocycles. The summed E-state index contributed by atoms with van der Waals surface area (Å²) < 4.78 is 0. The highest BCUT2D eigenvalue weighted by atomic mass is 16.4. The summed E-state index contributed by atoms with van der Waals surface area (Å²) in [5.41, 5.74) is 0.168. The molecule has 0 bridgehead atoms. The summed E-state index contributed by atoms with van der Waals surface area (Å²) >= 11 is 0. The third-order valence-corrected chi connectivity index (χ3v) is 5.96. The first kappa shape index (κ1) is 19.6. The maximum atomic E-state index is 12.6. The molecule has 30 heavy (non-hydrogen) atoms. The number of carboxylic acid groups (broad SMARTS) is 2. The van der Waals surface area contributed by atoms with Crippen LogP contribution in [-0.2, 0) is 33.3 Å². The van der Waals surface area contributed by atoms with E-state index in [1.807, 2.05) is 60.7 Å². The van der Waals surface area contributed by atoms with E-state index in [-0.39, 0.29) is 12.8 Å². The molecule has 0 saturated heterocycles. The molecule has 4 nitrogen and oxygen atoms in total. The van der Waals surface area contributed by atoms with Gasteiger partial charge >= 0.3 is 11.9 Å². The predicted octanol–water partition coefficient (Wildman–Crippen LogP) is 4.39. The third kappa shape index (κ3) is 3.20. The Bertz CT molecular complexity index is 1020. The highest BCUT2D eigenvalue weighted by molar-refractivity contribution is 5.92. The van der Waals surface area contributed by atoms with E-state index in [0.717, 1.165) is 11.1 Å². The van der Waals surface area contributed by atoms with Gasteiger partial charge < -0.3 is 10.2 Å². The Morgan fingerprint density at radius 1 is 0.567 bits per heavy atom. The number of rotatable bonds is 6. The van der Waals surface area contributed by atoms with Crippen molar-refractivity contribution in [2.45, 2.75) is 23.7 Å². The first-order valence-electron chi connectivity index (χ1n) is 9.83. The highest BCUT2D eigenvalue weighted by Gasteiger charge is 2.50. The number of hydrogen-bond acceptors (Lipinski definition) is 2. The SMILES string of the molecule is O=C(O)C1(Cc2ccccc2)C=CC(Cc2ccccc2)(C(=O)O)c2ccccc21. The maximum Gasteiger partial charge on any atom is 0.318 e. The first-order chi connectivity index (χ1) is 14.5. The second-order valence-corrected chi connectivity index (χ2v) is 7.76. The standard InChI is InChI=1S/C26H22O4/c27-23(28)25(17-19-9-3-1-4-10-19)15-16-26(24(29)30,18-20-11-5-2-6-12-20)22-14-8-7-13-21(22)25/h1-16H,17-18H2,(H,27,28)(H,29,30). The molecule has 4 heteroatoms. The number of hydrogen-bond donors (Lipinski definition) is 2. The molecule has 2 N–H and O–H groups in total. The zero-order chi connectivity index (χ0) is 21.2. The second kappa shape index (κ2) is 7.64. The Labute approximate surface area is 175 Å². The van der Waals surface area contributed by atoms with Crippen LogP contribution in [0.2, 0.25) is 0 Å². The topological polar surface area (TPSA) is 74.6 Å². The molecule has 1 aliphatic carbocycles. The van der Waals surface area contributed by atoms with Gasteiger partial charge in [0.1, 0.15) is 10.8 Å². The predicted molar refractivity (Wildman–Crippen MR) is 115 cm³/mol. The van der Waals surface area contributed by atoms with Crippen molar-refractivity contribution in [3.63, 3.8) is 0 Å². The van der Waals surface area contributed by atoms with E-state index in [2.05, 4.69) is 0 Å². The minimum atomic E-state index is -1.33. The molecular formula is C26H22O4. The minimum Gasteiger partial charge on any atom is -0.480 e. The van der Waals surface area contributed by atoms with E-state index in [0.29, 0.717) is 11.1 Å². The molecule has 3 aromatic rings. The average Bonchev–Trinajstić information content (AvgIpc) is 2.76. The van der Waals surface area contributed by atoms with E-state index in [9.17, 15) is 19.8 Å². The molecule has 0 aromatic heterocycles. The Hall–Kier alpha value is -3.66. The largest absolute Gasteiger partial charge is 0.480 e. The van der Waals surface area contributed by atoms with Gasteiger partial charge in [0.15, 0.2) is 0 Å². The van der Waals surface area contributed by atoms with Crippen LogP contribution in [0.5, 0.6) is 0 Å². The van der Waals surface area contributed by atoms with Crippen LogP contribution in [0.3, 0.4) is 0 Å². The fourth-order valence-electron chi connectivity index (χ4n) is 4.39. The van der Waals surface area contributed by atoms with Gasteiger partial charge in [0.05, 0.1) is 0 Å². The number of aliphatic carboxylic acids is 2. The molecule has 0 amide bonds. The molecule has 0 saturated carbocycles. The van der Waals surface area contributed by atoms with Crippen molar-refractivity contribution in [2.75, 3.05) is 0 Å². The Balaban J connectivity index is 1.90. The monoisotopic (exact) mass is 398 g/mol. The van der Waals surface area contributed by atoms with Gasteiger partial charge in [-0.2, -0.15) is 0 Å². The van der Waals surface area contributed by atoms with E-state index in [1.165, 1.54) is 0 Å². The van der Waals surface area contributed by atoms with Crippen LogP contribution >= 0.6 is 0 Å². The van der Waals surface area contributed by atoms with Crippen molar-refractivity contribution in [2.24, 2.45) is 0 Å². The molecule has 150 valence electrons. The fraction of sp³-hybridized carbons (Fsp3) is 0.154. The van der Waals surface area contributed by atoms with Crippen LogP contribution in [0.4, 0.5) is 0 Å². The van der Waals surface area contributed by atoms with E-state index in [1.54, 1.807) is 36.4 Å². The van der Waals surface area contributed by atoms with Crippen molar-refractivity contribution < 1.29 is 19.8 Å². The molecule has 0 spiro atoms. The van der Waals surface area contributed by atoms with Crippen LogP contribution in [0.25, 0.3) is 0 Å². The Kier molecular flexibility index (Phi) is 5.00. The fourth-order valence-corrected chi connectivity index (χ4v) is 4.39. The normalized spacial score (nSPS) is 22.3. The summed E-state index contributed by atoms with van der Waals surface area (Å²) in [5, 5.41) is 20.6. The van der Waals surface area contributed by atoms with Gasteiger partial charge in [-0.25, -0.2) is 0 Å². The second-order valence-electron chi connectivity index (χ2n) is 7.76. The van der Waals surface area contributed by atoms with Crippen molar-refractivity contribution in [1.29, 1.82) is 0 Å². The summed E-state index contributed by atoms with van der Waals surface area (Å²) in [7, 11) is 0. The minimum absolute atomic E-state index is 0.248. The van der Waals surface area contributed by atoms with Crippen molar-refractivity contribution in [3.05, 3.63) is 119 Å². The first-order valence-corrected chi connectivity index (χ1v) is 9.83. The zero-order valence-electron chi connectivity index (χ0n) is 16.4. The smallest absolute Gasteiger partial charge is 0.318 e. The van der Waals surface area contributed by atoms with Gasteiger partial charge in [-0.15, -0.1) is 0 Å². The molecule has 2 unspecified atom stereocenters. The van der Waals surface area contributed by atoms with Crippen molar-refractivity contribution in [1.82, 2.24) is 0 Å². The van der Waals surface area contributed by atoms with Gasteiger partial charge in [-0.05, 0) is 35.1 Å². The highest BCUT2D eigenvalue weighted by Crippen LogP contribution is 2.45. The van der Waals surface area contributed by atoms with Crippen LogP contribution in [0, 0.1) is 0 Å². The van der Waals surface area contributed by atoms with E-state index < -0.39 is 22.8 Å². The maximum absolute atomic E-state index is 12.6. The lowest BCUT2D eigenvalue weighted by molar-refractivity contribution is -0.144. The lowest BCUT2D eigenvalue weighted by Crippen LogP contribution is -2.47. The molecule has 0 aliphatic heterocycles. The van der Waals surface area contributed by atoms with Crippen LogP contribution in [-0.4, -0.2) is 22.2 Å². The van der Waals surface area contributed by atoms with Gasteiger partial charge in [-0.1, -0.05) is 97.1 Å². The summed E-state index contributed by atoms with van der Waals surface area (Å²) in [4.78, 5) is 25.2. The average molecular weight is 398 g/mol. The quantitative estimate of drug-likeness (QED) is 0.604. The molecule has 1 aliphatic rings. The van der Waals surface area contributed by atoms with Gasteiger partial charge in [-0.3, -0.25) is 9.59 Å². The molecule has 0 radical (unpaired) electrons. The third-order valence-electron chi connectivity index (χ3n) is 5.96. The molecule has 2 atom stereocenters. The number of carbonyl (C=O) groups is 2. The summed E-state index contributed by atoms with van der Waals surface area (Å²) in [6.45, 7) is 0. The lowest BCUT2D eigenvalue weighted by Gasteiger charge is -2.40. The summed E-state index contributed by atoms with van der Waals surface area (Å²) in [6, 6.07) is 25.9. The number of fused-ring (bicyclic) bond motifs is 1. The van der Waals surface area contributed by atoms with Crippen LogP contribution < -0.4 is 0 Å². The van der Waals surface area contributed by atoms with E-state index >= 15 is 0 Å². The summed E-state index contributed by atoms with van der Waals surface area (Å²) in [6.07, 6.45) is 3.67. The Morgan fingerprint density at radius 2 is 0.900 bits per heavy atom. The molecule has 3 aromatic carbocycles. The zero-order valence-corrected chi connectivity index (χ0v) is 16.4. The van der Waals surface area contributed by atoms with Crippen molar-refractivity contribution >= 4 is 11.9 Å². The van der Waals surface area contributed by atoms with Gasteiger partial charge in [0.25, 0.3) is 0 Å². The van der Waals surface area contributed by atoms with Gasteiger partial charge in [0.2, 0.25) is 0 Å². The van der Waals surface area contributed by atoms with Crippen LogP contribution in [0.15, 0.2) is 97.1 Å². The lowest BCUT2D eigenvalue weighted by atomic mass is 9.61. The van der Waals surface area contributed by atoms with E-state index in [4.69, 9.17) is 0 Å². The Morgan fingerprint density at radius 3 is 1.23 bits per heavy atom. The van der Waals surface area contributed by atoms with Gasteiger partial charge in [0, 0.05) is 0 Å². The number of benzene rings is 3. The van der Waals surface area contributed by atoms with Crippen LogP contribution in [0.1, 0.15) is 22.3 Å². The summed E-state index contributed by atoms with van der Waals surface area (Å²) in [5.74, 6) is -1.98. The number of carboxylic acids is 2.